The van der Waals surface area contributed by atoms with Gasteiger partial charge in [-0.2, -0.15) is 0 Å². The summed E-state index contributed by atoms with van der Waals surface area (Å²) in [4.78, 5) is 28.0. The van der Waals surface area contributed by atoms with Crippen LogP contribution in [0, 0.1) is 0 Å². The maximum absolute atomic E-state index is 12.3. The number of amides is 1. The Hall–Kier alpha value is -2.92. The number of esters is 1. The van der Waals surface area contributed by atoms with Gasteiger partial charge in [-0.1, -0.05) is 42.1 Å². The molecule has 0 aliphatic rings. The van der Waals surface area contributed by atoms with Crippen LogP contribution in [0.15, 0.2) is 40.9 Å². The first-order valence-corrected chi connectivity index (χ1v) is 9.62. The zero-order chi connectivity index (χ0) is 19.2. The number of hydrogen-bond acceptors (Lipinski definition) is 9. The van der Waals surface area contributed by atoms with Gasteiger partial charge in [-0.3, -0.25) is 14.2 Å². The number of nitrogens with one attached hydrogen (secondary N) is 1. The van der Waals surface area contributed by atoms with Crippen LogP contribution in [-0.4, -0.2) is 44.5 Å². The van der Waals surface area contributed by atoms with Gasteiger partial charge in [-0.15, -0.1) is 21.5 Å². The van der Waals surface area contributed by atoms with Gasteiger partial charge in [-0.05, 0) is 0 Å². The van der Waals surface area contributed by atoms with Gasteiger partial charge in [0.15, 0.2) is 10.3 Å². The Balaban J connectivity index is 1.64. The lowest BCUT2D eigenvalue weighted by Gasteiger charge is -2.07. The Kier molecular flexibility index (Phi) is 6.04. The minimum absolute atomic E-state index is 0.0448. The van der Waals surface area contributed by atoms with Crippen molar-refractivity contribution in [2.24, 2.45) is 0 Å². The van der Waals surface area contributed by atoms with Gasteiger partial charge in [0.2, 0.25) is 11.9 Å². The van der Waals surface area contributed by atoms with Crippen LogP contribution in [-0.2, 0) is 20.9 Å². The fourth-order valence-electron chi connectivity index (χ4n) is 2.11. The second-order valence-corrected chi connectivity index (χ2v) is 7.04. The van der Waals surface area contributed by atoms with Crippen LogP contribution in [0.3, 0.4) is 0 Å². The van der Waals surface area contributed by atoms with Crippen molar-refractivity contribution in [1.82, 2.24) is 19.7 Å². The maximum atomic E-state index is 12.3. The molecule has 3 aromatic rings. The third kappa shape index (κ3) is 4.83. The van der Waals surface area contributed by atoms with Gasteiger partial charge in [0.1, 0.15) is 6.54 Å². The Morgan fingerprint density at radius 1 is 1.30 bits per heavy atom. The fraction of sp³-hybridized carbons (Fsp3) is 0.188. The molecule has 0 fully saturated rings. The number of carbonyl (C=O) groups is 2. The predicted octanol–water partition coefficient (Wildman–Crippen LogP) is 1.89. The highest BCUT2D eigenvalue weighted by molar-refractivity contribution is 7.99. The molecule has 0 aliphatic heterocycles. The number of nitrogen functional groups attached to an aromatic ring is 1. The van der Waals surface area contributed by atoms with Gasteiger partial charge in [0.25, 0.3) is 0 Å². The van der Waals surface area contributed by atoms with E-state index in [2.05, 4.69) is 25.2 Å². The Morgan fingerprint density at radius 2 is 2.07 bits per heavy atom. The third-order valence-electron chi connectivity index (χ3n) is 3.41. The monoisotopic (exact) mass is 404 g/mol. The zero-order valence-corrected chi connectivity index (χ0v) is 15.9. The molecule has 0 bridgehead atoms. The molecule has 0 atom stereocenters. The van der Waals surface area contributed by atoms with Crippen LogP contribution >= 0.6 is 23.1 Å². The first-order chi connectivity index (χ1) is 13.1. The lowest BCUT2D eigenvalue weighted by Crippen LogP contribution is -2.20. The molecule has 1 amide bonds. The Bertz CT molecular complexity index is 941. The maximum Gasteiger partial charge on any atom is 0.316 e. The highest BCUT2D eigenvalue weighted by atomic mass is 32.2. The standard InChI is InChI=1S/C16H16N6O3S2/c1-25-13(24)9-27-16-21-20-14(17)22(16)7-12(23)19-15-18-11(8-26-15)10-5-3-2-4-6-10/h2-6,8H,7,9H2,1H3,(H2,17,20)(H,18,19,23). The van der Waals surface area contributed by atoms with Gasteiger partial charge < -0.3 is 15.8 Å². The largest absolute Gasteiger partial charge is 0.468 e. The molecule has 2 heterocycles. The molecule has 3 rings (SSSR count). The summed E-state index contributed by atoms with van der Waals surface area (Å²) < 4.78 is 6.01. The number of thioether (sulfide) groups is 1. The van der Waals surface area contributed by atoms with Crippen LogP contribution in [0.25, 0.3) is 11.3 Å². The van der Waals surface area contributed by atoms with Crippen LogP contribution in [0.5, 0.6) is 0 Å². The summed E-state index contributed by atoms with van der Waals surface area (Å²) >= 11 is 2.42. The number of anilines is 2. The molecule has 0 saturated heterocycles. The first-order valence-electron chi connectivity index (χ1n) is 7.76. The number of carbonyl (C=O) groups excluding carboxylic acids is 2. The van der Waals surface area contributed by atoms with Crippen molar-refractivity contribution >= 4 is 46.1 Å². The fourth-order valence-corrected chi connectivity index (χ4v) is 3.63. The molecular formula is C16H16N6O3S2. The summed E-state index contributed by atoms with van der Waals surface area (Å²) in [5, 5.41) is 13.1. The average molecular weight is 404 g/mol. The van der Waals surface area contributed by atoms with Crippen LogP contribution in [0.2, 0.25) is 0 Å². The summed E-state index contributed by atoms with van der Waals surface area (Å²) in [6.45, 7) is -0.0947. The molecule has 9 nitrogen and oxygen atoms in total. The van der Waals surface area contributed by atoms with Gasteiger partial charge in [0, 0.05) is 10.9 Å². The highest BCUT2D eigenvalue weighted by Crippen LogP contribution is 2.25. The number of nitrogens with zero attached hydrogens (tertiary/aromatic N) is 4. The molecule has 1 aromatic carbocycles. The zero-order valence-electron chi connectivity index (χ0n) is 14.3. The van der Waals surface area contributed by atoms with E-state index in [-0.39, 0.29) is 24.2 Å². The summed E-state index contributed by atoms with van der Waals surface area (Å²) in [6, 6.07) is 9.68. The Morgan fingerprint density at radius 3 is 2.81 bits per heavy atom. The van der Waals surface area contributed by atoms with E-state index in [1.807, 2.05) is 35.7 Å². The van der Waals surface area contributed by atoms with Crippen molar-refractivity contribution in [1.29, 1.82) is 0 Å². The molecule has 27 heavy (non-hydrogen) atoms. The molecule has 0 spiro atoms. The van der Waals surface area contributed by atoms with Crippen molar-refractivity contribution in [2.75, 3.05) is 23.9 Å². The number of methoxy groups -OCH3 is 1. The minimum atomic E-state index is -0.409. The molecular weight excluding hydrogens is 388 g/mol. The second kappa shape index (κ2) is 8.64. The number of hydrogen-bond donors (Lipinski definition) is 2. The molecule has 2 aromatic heterocycles. The second-order valence-electron chi connectivity index (χ2n) is 5.24. The lowest BCUT2D eigenvalue weighted by atomic mass is 10.2. The average Bonchev–Trinajstić information content (AvgIpc) is 3.28. The van der Waals surface area contributed by atoms with Crippen LogP contribution in [0.1, 0.15) is 0 Å². The topological polar surface area (TPSA) is 125 Å². The number of benzene rings is 1. The van der Waals surface area contributed by atoms with Gasteiger partial charge in [-0.25, -0.2) is 4.98 Å². The molecule has 0 saturated carbocycles. The van der Waals surface area contributed by atoms with E-state index >= 15 is 0 Å². The van der Waals surface area contributed by atoms with Gasteiger partial charge in [0.05, 0.1) is 18.6 Å². The van der Waals surface area contributed by atoms with Crippen molar-refractivity contribution in [3.05, 3.63) is 35.7 Å². The van der Waals surface area contributed by atoms with Crippen molar-refractivity contribution in [2.45, 2.75) is 11.7 Å². The van der Waals surface area contributed by atoms with E-state index in [1.54, 1.807) is 0 Å². The highest BCUT2D eigenvalue weighted by Gasteiger charge is 2.16. The normalized spacial score (nSPS) is 10.6. The lowest BCUT2D eigenvalue weighted by molar-refractivity contribution is -0.137. The minimum Gasteiger partial charge on any atom is -0.468 e. The molecule has 3 N–H and O–H groups in total. The van der Waals surface area contributed by atoms with E-state index < -0.39 is 5.97 Å². The quantitative estimate of drug-likeness (QED) is 0.452. The van der Waals surface area contributed by atoms with Crippen LogP contribution in [0.4, 0.5) is 11.1 Å². The number of nitrogens with two attached hydrogens (primary N) is 1. The van der Waals surface area contributed by atoms with E-state index in [1.165, 1.54) is 23.0 Å². The number of aromatic nitrogens is 4. The smallest absolute Gasteiger partial charge is 0.316 e. The van der Waals surface area contributed by atoms with E-state index in [4.69, 9.17) is 5.73 Å². The Labute approximate surface area is 163 Å². The summed E-state index contributed by atoms with van der Waals surface area (Å²) in [5.41, 5.74) is 7.53. The van der Waals surface area contributed by atoms with Crippen molar-refractivity contribution < 1.29 is 14.3 Å². The summed E-state index contributed by atoms with van der Waals surface area (Å²) in [6.07, 6.45) is 0. The summed E-state index contributed by atoms with van der Waals surface area (Å²) in [7, 11) is 1.30. The van der Waals surface area contributed by atoms with Crippen molar-refractivity contribution in [3.63, 3.8) is 0 Å². The third-order valence-corrected chi connectivity index (χ3v) is 5.11. The molecule has 0 unspecified atom stereocenters. The summed E-state index contributed by atoms with van der Waals surface area (Å²) in [5.74, 6) is -0.603. The molecule has 0 radical (unpaired) electrons. The molecule has 0 aliphatic carbocycles. The number of rotatable bonds is 7. The SMILES string of the molecule is COC(=O)CSc1nnc(N)n1CC(=O)Nc1nc(-c2ccccc2)cs1. The molecule has 11 heteroatoms. The van der Waals surface area contributed by atoms with Gasteiger partial charge >= 0.3 is 5.97 Å². The molecule has 140 valence electrons. The van der Waals surface area contributed by atoms with Crippen LogP contribution < -0.4 is 11.1 Å². The van der Waals surface area contributed by atoms with Crippen molar-refractivity contribution in [3.8, 4) is 11.3 Å². The number of thiazole rings is 1. The van der Waals surface area contributed by atoms with E-state index in [0.717, 1.165) is 23.0 Å². The van der Waals surface area contributed by atoms with E-state index in [9.17, 15) is 9.59 Å². The van der Waals surface area contributed by atoms with E-state index in [0.29, 0.717) is 10.3 Å². The number of ether oxygens (including phenoxy) is 1. The first kappa shape index (κ1) is 18.9. The predicted molar refractivity (Wildman–Crippen MR) is 103 cm³/mol.